The van der Waals surface area contributed by atoms with E-state index >= 15 is 0 Å². The van der Waals surface area contributed by atoms with Gasteiger partial charge in [-0.1, -0.05) is 31.6 Å². The van der Waals surface area contributed by atoms with E-state index in [1.54, 1.807) is 7.05 Å². The second-order valence-corrected chi connectivity index (χ2v) is 2.58. The van der Waals surface area contributed by atoms with Crippen molar-refractivity contribution in [1.82, 2.24) is 5.32 Å². The average molecular weight is 185 g/mol. The van der Waals surface area contributed by atoms with Gasteiger partial charge in [0.05, 0.1) is 0 Å². The molecule has 2 nitrogen and oxygen atoms in total. The van der Waals surface area contributed by atoms with E-state index in [4.69, 9.17) is 0 Å². The van der Waals surface area contributed by atoms with Crippen LogP contribution in [0.25, 0.3) is 0 Å². The summed E-state index contributed by atoms with van der Waals surface area (Å²) in [7, 11) is 1.56. The van der Waals surface area contributed by atoms with Gasteiger partial charge < -0.3 is 5.32 Å². The molecule has 0 saturated carbocycles. The van der Waals surface area contributed by atoms with E-state index in [1.807, 2.05) is 13.0 Å². The maximum Gasteiger partial charge on any atom is 0.250 e. The Morgan fingerprint density at radius 1 is 1.54 bits per heavy atom. The van der Waals surface area contributed by atoms with Crippen molar-refractivity contribution in [2.24, 2.45) is 0 Å². The summed E-state index contributed by atoms with van der Waals surface area (Å²) < 4.78 is 11.8. The fourth-order valence-corrected chi connectivity index (χ4v) is 0.852. The lowest BCUT2D eigenvalue weighted by molar-refractivity contribution is -0.116. The molecular weight excluding hydrogens is 169 g/mol. The van der Waals surface area contributed by atoms with Gasteiger partial charge in [-0.3, -0.25) is 4.79 Å². The van der Waals surface area contributed by atoms with E-state index in [0.717, 1.165) is 12.8 Å². The molecule has 0 aromatic carbocycles. The van der Waals surface area contributed by atoms with Gasteiger partial charge in [0.1, 0.15) is 6.67 Å². The van der Waals surface area contributed by atoms with Crippen LogP contribution >= 0.6 is 0 Å². The highest BCUT2D eigenvalue weighted by Crippen LogP contribution is 2.01. The van der Waals surface area contributed by atoms with Crippen LogP contribution in [0.5, 0.6) is 0 Å². The third-order valence-electron chi connectivity index (χ3n) is 1.53. The first-order valence-electron chi connectivity index (χ1n) is 4.41. The Balaban J connectivity index is 4.35. The minimum Gasteiger partial charge on any atom is -0.355 e. The summed E-state index contributed by atoms with van der Waals surface area (Å²) in [4.78, 5) is 11.2. The molecule has 1 N–H and O–H groups in total. The highest BCUT2D eigenvalue weighted by molar-refractivity contribution is 5.95. The smallest absolute Gasteiger partial charge is 0.250 e. The lowest BCUT2D eigenvalue weighted by Gasteiger charge is -1.99. The molecule has 3 heteroatoms. The van der Waals surface area contributed by atoms with Crippen molar-refractivity contribution in [3.8, 4) is 0 Å². The van der Waals surface area contributed by atoms with Crippen LogP contribution in [0.2, 0.25) is 0 Å². The van der Waals surface area contributed by atoms with E-state index in [9.17, 15) is 9.18 Å². The Kier molecular flexibility index (Phi) is 6.88. The molecule has 0 saturated heterocycles. The van der Waals surface area contributed by atoms with E-state index in [0.29, 0.717) is 5.57 Å². The molecule has 1 amide bonds. The topological polar surface area (TPSA) is 29.1 Å². The van der Waals surface area contributed by atoms with E-state index in [2.05, 4.69) is 5.32 Å². The van der Waals surface area contributed by atoms with Crippen LogP contribution in [0.15, 0.2) is 23.8 Å². The molecule has 0 aliphatic heterocycles. The van der Waals surface area contributed by atoms with Crippen molar-refractivity contribution >= 4 is 5.91 Å². The molecule has 0 aliphatic carbocycles. The Bertz CT molecular complexity index is 209. The molecule has 0 spiro atoms. The van der Waals surface area contributed by atoms with Crippen molar-refractivity contribution in [2.45, 2.75) is 19.8 Å². The van der Waals surface area contributed by atoms with Crippen LogP contribution in [-0.2, 0) is 4.79 Å². The summed E-state index contributed by atoms with van der Waals surface area (Å²) in [5, 5.41) is 2.50. The molecule has 0 unspecified atom stereocenters. The van der Waals surface area contributed by atoms with Gasteiger partial charge in [-0.25, -0.2) is 4.39 Å². The molecule has 74 valence electrons. The number of unbranched alkanes of at least 4 members (excludes halogenated alkanes) is 1. The summed E-state index contributed by atoms with van der Waals surface area (Å²) in [6, 6.07) is 0. The average Bonchev–Trinajstić information content (AvgIpc) is 2.17. The van der Waals surface area contributed by atoms with Crippen LogP contribution in [0.1, 0.15) is 19.8 Å². The molecule has 0 radical (unpaired) electrons. The highest BCUT2D eigenvalue weighted by atomic mass is 19.1. The largest absolute Gasteiger partial charge is 0.355 e. The van der Waals surface area contributed by atoms with Crippen LogP contribution in [0, 0.1) is 0 Å². The van der Waals surface area contributed by atoms with Gasteiger partial charge in [0, 0.05) is 12.6 Å². The number of nitrogens with one attached hydrogen (secondary N) is 1. The Labute approximate surface area is 78.5 Å². The molecule has 0 aliphatic rings. The van der Waals surface area contributed by atoms with E-state index in [-0.39, 0.29) is 5.91 Å². The standard InChI is InChI=1S/C10H16FNO/c1-3-4-6-9(7-5-8-11)10(13)12-2/h5-7H,3-4,8H2,1-2H3,(H,12,13)/b7-5-,9-6+. The number of hydrogen-bond donors (Lipinski definition) is 1. The first kappa shape index (κ1) is 11.9. The van der Waals surface area contributed by atoms with Crippen molar-refractivity contribution < 1.29 is 9.18 Å². The van der Waals surface area contributed by atoms with Crippen LogP contribution < -0.4 is 5.32 Å². The zero-order chi connectivity index (χ0) is 10.1. The summed E-state index contributed by atoms with van der Waals surface area (Å²) in [5.41, 5.74) is 0.530. The second-order valence-electron chi connectivity index (χ2n) is 2.58. The fraction of sp³-hybridized carbons (Fsp3) is 0.500. The van der Waals surface area contributed by atoms with Crippen molar-refractivity contribution in [2.75, 3.05) is 13.7 Å². The van der Waals surface area contributed by atoms with Crippen molar-refractivity contribution in [3.05, 3.63) is 23.8 Å². The van der Waals surface area contributed by atoms with E-state index in [1.165, 1.54) is 12.2 Å². The lowest BCUT2D eigenvalue weighted by Crippen LogP contribution is -2.19. The summed E-state index contributed by atoms with van der Waals surface area (Å²) in [6.07, 6.45) is 6.46. The van der Waals surface area contributed by atoms with Gasteiger partial charge in [0.2, 0.25) is 0 Å². The number of carbonyl (C=O) groups is 1. The first-order chi connectivity index (χ1) is 6.26. The maximum absolute atomic E-state index is 11.8. The van der Waals surface area contributed by atoms with Crippen LogP contribution in [0.3, 0.4) is 0 Å². The summed E-state index contributed by atoms with van der Waals surface area (Å²) in [6.45, 7) is 1.48. The minimum absolute atomic E-state index is 0.168. The third kappa shape index (κ3) is 5.17. The Morgan fingerprint density at radius 3 is 2.69 bits per heavy atom. The highest BCUT2D eigenvalue weighted by Gasteiger charge is 2.01. The van der Waals surface area contributed by atoms with E-state index < -0.39 is 6.67 Å². The van der Waals surface area contributed by atoms with Crippen LogP contribution in [-0.4, -0.2) is 19.6 Å². The van der Waals surface area contributed by atoms with Crippen molar-refractivity contribution in [1.29, 1.82) is 0 Å². The van der Waals surface area contributed by atoms with Gasteiger partial charge in [-0.05, 0) is 6.42 Å². The molecule has 0 fully saturated rings. The van der Waals surface area contributed by atoms with Crippen LogP contribution in [0.4, 0.5) is 4.39 Å². The maximum atomic E-state index is 11.8. The number of rotatable bonds is 5. The van der Waals surface area contributed by atoms with Gasteiger partial charge in [-0.15, -0.1) is 0 Å². The first-order valence-corrected chi connectivity index (χ1v) is 4.41. The molecule has 0 aromatic rings. The molecule has 0 aromatic heterocycles. The summed E-state index contributed by atoms with van der Waals surface area (Å²) >= 11 is 0. The zero-order valence-corrected chi connectivity index (χ0v) is 8.14. The quantitative estimate of drug-likeness (QED) is 0.515. The Morgan fingerprint density at radius 2 is 2.23 bits per heavy atom. The SMILES string of the molecule is CCC/C=C(\C=C/CF)C(=O)NC. The number of likely N-dealkylation sites (N-methyl/N-ethyl adjacent to an activating group) is 1. The lowest BCUT2D eigenvalue weighted by atomic mass is 10.1. The number of halogens is 1. The predicted octanol–water partition coefficient (Wildman–Crippen LogP) is 1.98. The fourth-order valence-electron chi connectivity index (χ4n) is 0.852. The monoisotopic (exact) mass is 185 g/mol. The zero-order valence-electron chi connectivity index (χ0n) is 8.14. The number of carbonyl (C=O) groups excluding carboxylic acids is 1. The van der Waals surface area contributed by atoms with Gasteiger partial charge >= 0.3 is 0 Å². The molecule has 0 heterocycles. The Hall–Kier alpha value is -1.12. The number of amides is 1. The summed E-state index contributed by atoms with van der Waals surface area (Å²) in [5.74, 6) is -0.168. The molecular formula is C10H16FNO. The van der Waals surface area contributed by atoms with Crippen molar-refractivity contribution in [3.63, 3.8) is 0 Å². The molecule has 0 rings (SSSR count). The molecule has 0 atom stereocenters. The third-order valence-corrected chi connectivity index (χ3v) is 1.53. The second kappa shape index (κ2) is 7.53. The molecule has 0 bridgehead atoms. The molecule has 13 heavy (non-hydrogen) atoms. The van der Waals surface area contributed by atoms with Gasteiger partial charge in [0.15, 0.2) is 0 Å². The normalized spacial score (nSPS) is 12.1. The number of alkyl halides is 1. The predicted molar refractivity (Wildman–Crippen MR) is 52.2 cm³/mol. The number of allylic oxidation sites excluding steroid dienone is 2. The van der Waals surface area contributed by atoms with Gasteiger partial charge in [0.25, 0.3) is 5.91 Å². The number of hydrogen-bond acceptors (Lipinski definition) is 1. The minimum atomic E-state index is -0.541. The van der Waals surface area contributed by atoms with Gasteiger partial charge in [-0.2, -0.15) is 0 Å².